The topological polar surface area (TPSA) is 76.1 Å². The lowest BCUT2D eigenvalue weighted by molar-refractivity contribution is -0.240. The normalized spacial score (nSPS) is 29.3. The summed E-state index contributed by atoms with van der Waals surface area (Å²) >= 11 is 0. The van der Waals surface area contributed by atoms with Crippen molar-refractivity contribution < 1.29 is 24.2 Å². The molecule has 6 heteroatoms. The van der Waals surface area contributed by atoms with Crippen LogP contribution in [-0.4, -0.2) is 46.7 Å². The molecule has 0 radical (unpaired) electrons. The number of fused-ring (bicyclic) bond motifs is 1. The number of carbonyl (C=O) groups excluding carboxylic acids is 2. The van der Waals surface area contributed by atoms with Gasteiger partial charge in [0.1, 0.15) is 5.75 Å². The van der Waals surface area contributed by atoms with Gasteiger partial charge < -0.3 is 19.5 Å². The van der Waals surface area contributed by atoms with Crippen LogP contribution in [0.2, 0.25) is 0 Å². The van der Waals surface area contributed by atoms with Crippen LogP contribution in [0.1, 0.15) is 51.5 Å². The van der Waals surface area contributed by atoms with Crippen molar-refractivity contribution in [2.45, 2.75) is 63.6 Å². The third-order valence-electron chi connectivity index (χ3n) is 6.23. The van der Waals surface area contributed by atoms with E-state index in [1.165, 1.54) is 4.90 Å². The highest BCUT2D eigenvalue weighted by Gasteiger charge is 2.79. The third kappa shape index (κ3) is 2.90. The van der Waals surface area contributed by atoms with E-state index in [1.807, 2.05) is 24.3 Å². The summed E-state index contributed by atoms with van der Waals surface area (Å²) in [4.78, 5) is 27.2. The monoisotopic (exact) mass is 375 g/mol. The fourth-order valence-electron chi connectivity index (χ4n) is 4.47. The largest absolute Gasteiger partial charge is 0.497 e. The summed E-state index contributed by atoms with van der Waals surface area (Å²) < 4.78 is 10.7. The lowest BCUT2D eigenvalue weighted by atomic mass is 9.70. The molecule has 0 saturated carbocycles. The number of likely N-dealkylation sites (tertiary alicyclic amines) is 1. The molecule has 1 N–H and O–H groups in total. The Morgan fingerprint density at radius 2 is 1.89 bits per heavy atom. The minimum atomic E-state index is -1.28. The molecule has 6 nitrogen and oxygen atoms in total. The number of aliphatic hydroxyl groups is 1. The lowest BCUT2D eigenvalue weighted by Crippen LogP contribution is -2.76. The zero-order valence-electron chi connectivity index (χ0n) is 16.4. The highest BCUT2D eigenvalue weighted by Crippen LogP contribution is 2.55. The summed E-state index contributed by atoms with van der Waals surface area (Å²) in [5, 5.41) is 10.1. The molecule has 27 heavy (non-hydrogen) atoms. The molecule has 3 atom stereocenters. The first-order chi connectivity index (χ1) is 12.9. The van der Waals surface area contributed by atoms with Crippen LogP contribution < -0.4 is 4.74 Å². The van der Waals surface area contributed by atoms with Crippen molar-refractivity contribution >= 4 is 11.9 Å². The molecule has 0 aromatic heterocycles. The molecule has 1 aromatic rings. The number of nitrogens with zero attached hydrogens (tertiary/aromatic N) is 1. The third-order valence-corrected chi connectivity index (χ3v) is 6.23. The molecule has 2 aliphatic rings. The second kappa shape index (κ2) is 7.50. The highest BCUT2D eigenvalue weighted by atomic mass is 16.6. The average molecular weight is 375 g/mol. The number of hydrogen-bond acceptors (Lipinski definition) is 5. The van der Waals surface area contributed by atoms with Gasteiger partial charge in [-0.3, -0.25) is 4.79 Å². The summed E-state index contributed by atoms with van der Waals surface area (Å²) in [6.45, 7) is 3.78. The Bertz CT molecular complexity index is 703. The van der Waals surface area contributed by atoms with E-state index in [9.17, 15) is 14.7 Å². The van der Waals surface area contributed by atoms with Gasteiger partial charge in [-0.05, 0) is 31.0 Å². The number of methoxy groups -OCH3 is 1. The van der Waals surface area contributed by atoms with Crippen molar-refractivity contribution in [2.75, 3.05) is 13.7 Å². The van der Waals surface area contributed by atoms with Gasteiger partial charge in [0.2, 0.25) is 11.4 Å². The number of hydrogen-bond donors (Lipinski definition) is 1. The Morgan fingerprint density at radius 3 is 2.44 bits per heavy atom. The van der Waals surface area contributed by atoms with Crippen LogP contribution in [0.25, 0.3) is 0 Å². The average Bonchev–Trinajstić information content (AvgIpc) is 2.80. The maximum absolute atomic E-state index is 13.2. The minimum Gasteiger partial charge on any atom is -0.497 e. The van der Waals surface area contributed by atoms with E-state index in [1.54, 1.807) is 14.0 Å². The fraction of sp³-hybridized carbons (Fsp3) is 0.619. The first-order valence-electron chi connectivity index (χ1n) is 9.73. The minimum absolute atomic E-state index is 0.107. The molecule has 2 fully saturated rings. The van der Waals surface area contributed by atoms with Crippen LogP contribution in [-0.2, 0) is 20.9 Å². The van der Waals surface area contributed by atoms with Crippen LogP contribution in [0.4, 0.5) is 0 Å². The van der Waals surface area contributed by atoms with Crippen LogP contribution in [0.3, 0.4) is 0 Å². The van der Waals surface area contributed by atoms with Crippen molar-refractivity contribution in [3.8, 4) is 5.75 Å². The van der Waals surface area contributed by atoms with E-state index in [2.05, 4.69) is 6.92 Å². The van der Waals surface area contributed by atoms with Crippen molar-refractivity contribution in [2.24, 2.45) is 5.92 Å². The number of benzene rings is 1. The van der Waals surface area contributed by atoms with E-state index in [-0.39, 0.29) is 12.5 Å². The molecule has 2 saturated heterocycles. The Kier molecular flexibility index (Phi) is 5.47. The summed E-state index contributed by atoms with van der Waals surface area (Å²) in [6.07, 6.45) is 4.88. The zero-order chi connectivity index (χ0) is 19.7. The predicted molar refractivity (Wildman–Crippen MR) is 100 cm³/mol. The SMILES string of the molecule is CCCCCCC1C(=O)N(Cc2ccc(OC)cc2)C2(CO)C(=O)OC12C. The number of unbranched alkanes of at least 4 members (excludes halogenated alkanes) is 3. The van der Waals surface area contributed by atoms with Crippen molar-refractivity contribution in [1.29, 1.82) is 0 Å². The molecule has 3 rings (SSSR count). The summed E-state index contributed by atoms with van der Waals surface area (Å²) in [7, 11) is 1.60. The van der Waals surface area contributed by atoms with E-state index in [0.717, 1.165) is 37.0 Å². The van der Waals surface area contributed by atoms with E-state index in [4.69, 9.17) is 9.47 Å². The smallest absolute Gasteiger partial charge is 0.339 e. The highest BCUT2D eigenvalue weighted by molar-refractivity contribution is 6.01. The van der Waals surface area contributed by atoms with Crippen LogP contribution in [0.5, 0.6) is 5.75 Å². The fourth-order valence-corrected chi connectivity index (χ4v) is 4.47. The Morgan fingerprint density at radius 1 is 1.19 bits per heavy atom. The van der Waals surface area contributed by atoms with Gasteiger partial charge in [-0.2, -0.15) is 0 Å². The van der Waals surface area contributed by atoms with Gasteiger partial charge in [-0.1, -0.05) is 44.7 Å². The standard InChI is InChI=1S/C21H29NO5/c1-4-5-6-7-8-17-18(24)22(13-15-9-11-16(26-3)12-10-15)21(14-23)19(25)27-20(17,21)2/h9-12,17,23H,4-8,13-14H2,1-3H3. The molecule has 2 heterocycles. The first kappa shape index (κ1) is 19.7. The van der Waals surface area contributed by atoms with Gasteiger partial charge in [0.25, 0.3) is 0 Å². The maximum atomic E-state index is 13.2. The van der Waals surface area contributed by atoms with E-state index in [0.29, 0.717) is 6.42 Å². The number of ether oxygens (including phenoxy) is 2. The van der Waals surface area contributed by atoms with Crippen molar-refractivity contribution in [3.05, 3.63) is 29.8 Å². The van der Waals surface area contributed by atoms with Gasteiger partial charge in [-0.25, -0.2) is 4.79 Å². The molecule has 1 amide bonds. The second-order valence-electron chi connectivity index (χ2n) is 7.69. The molecule has 2 aliphatic heterocycles. The van der Waals surface area contributed by atoms with Crippen LogP contribution >= 0.6 is 0 Å². The van der Waals surface area contributed by atoms with E-state index >= 15 is 0 Å². The van der Waals surface area contributed by atoms with Gasteiger partial charge in [-0.15, -0.1) is 0 Å². The molecule has 0 bridgehead atoms. The molecule has 148 valence electrons. The van der Waals surface area contributed by atoms with Gasteiger partial charge in [0, 0.05) is 6.54 Å². The maximum Gasteiger partial charge on any atom is 0.339 e. The first-order valence-corrected chi connectivity index (χ1v) is 9.73. The summed E-state index contributed by atoms with van der Waals surface area (Å²) in [5.41, 5.74) is -1.36. The molecular formula is C21H29NO5. The van der Waals surface area contributed by atoms with Gasteiger partial charge in [0.05, 0.1) is 19.6 Å². The Hall–Kier alpha value is -2.08. The van der Waals surface area contributed by atoms with Gasteiger partial charge in [0.15, 0.2) is 5.60 Å². The number of esters is 1. The number of aliphatic hydroxyl groups excluding tert-OH is 1. The Labute approximate surface area is 160 Å². The van der Waals surface area contributed by atoms with Crippen molar-refractivity contribution in [1.82, 2.24) is 4.90 Å². The van der Waals surface area contributed by atoms with Crippen LogP contribution in [0.15, 0.2) is 24.3 Å². The number of rotatable bonds is 9. The quantitative estimate of drug-likeness (QED) is 0.530. The number of amides is 1. The molecule has 0 spiro atoms. The van der Waals surface area contributed by atoms with E-state index < -0.39 is 29.6 Å². The molecule has 0 aliphatic carbocycles. The lowest BCUT2D eigenvalue weighted by Gasteiger charge is -2.53. The second-order valence-corrected chi connectivity index (χ2v) is 7.69. The zero-order valence-corrected chi connectivity index (χ0v) is 16.4. The van der Waals surface area contributed by atoms with Crippen LogP contribution in [0, 0.1) is 5.92 Å². The molecular weight excluding hydrogens is 346 g/mol. The molecule has 3 unspecified atom stereocenters. The summed E-state index contributed by atoms with van der Waals surface area (Å²) in [6, 6.07) is 7.38. The summed E-state index contributed by atoms with van der Waals surface area (Å²) in [5.74, 6) is -0.294. The predicted octanol–water partition coefficient (Wildman–Crippen LogP) is 2.67. The number of carbonyl (C=O) groups is 2. The van der Waals surface area contributed by atoms with Crippen molar-refractivity contribution in [3.63, 3.8) is 0 Å². The Balaban J connectivity index is 1.84. The molecule has 1 aromatic carbocycles. The van der Waals surface area contributed by atoms with Gasteiger partial charge >= 0.3 is 5.97 Å².